The van der Waals surface area contributed by atoms with Gasteiger partial charge >= 0.3 is 5.97 Å². The zero-order valence-electron chi connectivity index (χ0n) is 17.4. The lowest BCUT2D eigenvalue weighted by Crippen LogP contribution is -2.33. The van der Waals surface area contributed by atoms with Gasteiger partial charge in [0.05, 0.1) is 18.2 Å². The Kier molecular flexibility index (Phi) is 7.20. The summed E-state index contributed by atoms with van der Waals surface area (Å²) in [6.07, 6.45) is 0. The molecule has 1 atom stereocenters. The number of carbonyl (C=O) groups excluding carboxylic acids is 1. The van der Waals surface area contributed by atoms with E-state index in [1.54, 1.807) is 13.0 Å². The van der Waals surface area contributed by atoms with E-state index in [1.807, 2.05) is 43.3 Å². The van der Waals surface area contributed by atoms with Crippen LogP contribution in [-0.2, 0) is 4.74 Å². The number of rotatable bonds is 6. The maximum Gasteiger partial charge on any atom is 0.338 e. The number of hydrogen-bond donors (Lipinski definition) is 2. The van der Waals surface area contributed by atoms with E-state index in [9.17, 15) is 4.79 Å². The van der Waals surface area contributed by atoms with Crippen molar-refractivity contribution < 1.29 is 9.53 Å². The van der Waals surface area contributed by atoms with E-state index in [1.165, 1.54) is 5.56 Å². The van der Waals surface area contributed by atoms with E-state index in [4.69, 9.17) is 17.0 Å². The standard InChI is InChI=1S/C25H26N2O2S/c1-4-29-24(28)21-14-9-15-22(18(21)3)26-25(30)27-23(19-11-6-5-7-12-19)20-13-8-10-17(2)16-20/h5-16,23H,4H2,1-3H3,(H2,26,27,30)/t23-/m1/s1. The van der Waals surface area contributed by atoms with E-state index >= 15 is 0 Å². The van der Waals surface area contributed by atoms with E-state index in [0.717, 1.165) is 22.4 Å². The monoisotopic (exact) mass is 418 g/mol. The van der Waals surface area contributed by atoms with Crippen molar-refractivity contribution in [2.24, 2.45) is 0 Å². The van der Waals surface area contributed by atoms with Crippen LogP contribution in [0.4, 0.5) is 5.69 Å². The third-order valence-electron chi connectivity index (χ3n) is 4.86. The van der Waals surface area contributed by atoms with Crippen molar-refractivity contribution in [1.82, 2.24) is 5.32 Å². The molecule has 3 aromatic carbocycles. The van der Waals surface area contributed by atoms with Crippen molar-refractivity contribution in [2.45, 2.75) is 26.8 Å². The number of nitrogens with one attached hydrogen (secondary N) is 2. The van der Waals surface area contributed by atoms with Gasteiger partial charge in [-0.25, -0.2) is 4.79 Å². The summed E-state index contributed by atoms with van der Waals surface area (Å²) >= 11 is 5.63. The Bertz CT molecular complexity index is 1030. The van der Waals surface area contributed by atoms with Gasteiger partial charge in [0.2, 0.25) is 0 Å². The molecule has 0 aliphatic carbocycles. The first kappa shape index (κ1) is 21.5. The summed E-state index contributed by atoms with van der Waals surface area (Å²) in [5.74, 6) is -0.334. The maximum absolute atomic E-state index is 12.2. The van der Waals surface area contributed by atoms with E-state index in [0.29, 0.717) is 17.3 Å². The minimum absolute atomic E-state index is 0.0976. The summed E-state index contributed by atoms with van der Waals surface area (Å²) in [5.41, 5.74) is 5.53. The van der Waals surface area contributed by atoms with Gasteiger partial charge in [0.25, 0.3) is 0 Å². The number of carbonyl (C=O) groups is 1. The summed E-state index contributed by atoms with van der Waals surface area (Å²) in [7, 11) is 0. The molecule has 30 heavy (non-hydrogen) atoms. The van der Waals surface area contributed by atoms with Crippen LogP contribution in [0.3, 0.4) is 0 Å². The molecule has 0 unspecified atom stereocenters. The zero-order valence-corrected chi connectivity index (χ0v) is 18.3. The third-order valence-corrected chi connectivity index (χ3v) is 5.08. The average Bonchev–Trinajstić information content (AvgIpc) is 2.74. The van der Waals surface area contributed by atoms with Crippen LogP contribution < -0.4 is 10.6 Å². The van der Waals surface area contributed by atoms with E-state index in [-0.39, 0.29) is 12.0 Å². The summed E-state index contributed by atoms with van der Waals surface area (Å²) in [5, 5.41) is 7.16. The molecule has 0 radical (unpaired) electrons. The van der Waals surface area contributed by atoms with Crippen LogP contribution in [0.25, 0.3) is 0 Å². The molecule has 154 valence electrons. The van der Waals surface area contributed by atoms with Crippen LogP contribution in [0.15, 0.2) is 72.8 Å². The molecule has 0 aliphatic rings. The summed E-state index contributed by atoms with van der Waals surface area (Å²) in [6.45, 7) is 6.09. The van der Waals surface area contributed by atoms with Crippen LogP contribution in [0.1, 0.15) is 45.6 Å². The predicted octanol–water partition coefficient (Wildman–Crippen LogP) is 5.56. The quantitative estimate of drug-likeness (QED) is 0.406. The smallest absolute Gasteiger partial charge is 0.338 e. The molecule has 5 heteroatoms. The minimum atomic E-state index is -0.334. The first-order valence-corrected chi connectivity index (χ1v) is 10.4. The van der Waals surface area contributed by atoms with Gasteiger partial charge < -0.3 is 15.4 Å². The SMILES string of the molecule is CCOC(=O)c1cccc(NC(=S)N[C@H](c2ccccc2)c2cccc(C)c2)c1C. The molecule has 0 saturated carbocycles. The second-order valence-electron chi connectivity index (χ2n) is 7.05. The summed E-state index contributed by atoms with van der Waals surface area (Å²) in [4.78, 5) is 12.2. The van der Waals surface area contributed by atoms with Gasteiger partial charge in [0.15, 0.2) is 5.11 Å². The fourth-order valence-electron chi connectivity index (χ4n) is 3.34. The fourth-order valence-corrected chi connectivity index (χ4v) is 3.57. The van der Waals surface area contributed by atoms with Gasteiger partial charge in [0, 0.05) is 5.69 Å². The molecule has 0 fully saturated rings. The minimum Gasteiger partial charge on any atom is -0.462 e. The zero-order chi connectivity index (χ0) is 21.5. The fraction of sp³-hybridized carbons (Fsp3) is 0.200. The number of benzene rings is 3. The Morgan fingerprint density at radius 1 is 0.967 bits per heavy atom. The van der Waals surface area contributed by atoms with Gasteiger partial charge in [-0.15, -0.1) is 0 Å². The molecular formula is C25H26N2O2S. The van der Waals surface area contributed by atoms with Crippen molar-refractivity contribution >= 4 is 29.0 Å². The lowest BCUT2D eigenvalue weighted by atomic mass is 9.97. The second-order valence-corrected chi connectivity index (χ2v) is 7.46. The molecule has 0 aliphatic heterocycles. The molecular weight excluding hydrogens is 392 g/mol. The Hall–Kier alpha value is -3.18. The van der Waals surface area contributed by atoms with Crippen molar-refractivity contribution in [3.63, 3.8) is 0 Å². The van der Waals surface area contributed by atoms with Crippen molar-refractivity contribution in [3.05, 3.63) is 101 Å². The topological polar surface area (TPSA) is 50.4 Å². The highest BCUT2D eigenvalue weighted by molar-refractivity contribution is 7.80. The van der Waals surface area contributed by atoms with Crippen LogP contribution in [0, 0.1) is 13.8 Å². The van der Waals surface area contributed by atoms with Crippen molar-refractivity contribution in [2.75, 3.05) is 11.9 Å². The number of esters is 1. The van der Waals surface area contributed by atoms with Crippen LogP contribution in [0.5, 0.6) is 0 Å². The number of aryl methyl sites for hydroxylation is 1. The predicted molar refractivity (Wildman–Crippen MR) is 126 cm³/mol. The summed E-state index contributed by atoms with van der Waals surface area (Å²) < 4.78 is 5.14. The van der Waals surface area contributed by atoms with Gasteiger partial charge in [-0.2, -0.15) is 0 Å². The Morgan fingerprint density at radius 2 is 1.67 bits per heavy atom. The van der Waals surface area contributed by atoms with Crippen molar-refractivity contribution in [3.8, 4) is 0 Å². The molecule has 0 aromatic heterocycles. The van der Waals surface area contributed by atoms with E-state index < -0.39 is 0 Å². The number of hydrogen-bond acceptors (Lipinski definition) is 3. The number of thiocarbonyl (C=S) groups is 1. The Morgan fingerprint density at radius 3 is 2.37 bits per heavy atom. The highest BCUT2D eigenvalue weighted by Crippen LogP contribution is 2.24. The molecule has 3 aromatic rings. The van der Waals surface area contributed by atoms with Gasteiger partial charge in [-0.05, 0) is 61.8 Å². The molecule has 0 spiro atoms. The second kappa shape index (κ2) is 10.0. The van der Waals surface area contributed by atoms with E-state index in [2.05, 4.69) is 47.9 Å². The molecule has 0 heterocycles. The molecule has 4 nitrogen and oxygen atoms in total. The van der Waals surface area contributed by atoms with Gasteiger partial charge in [-0.3, -0.25) is 0 Å². The highest BCUT2D eigenvalue weighted by atomic mass is 32.1. The molecule has 0 amide bonds. The Balaban J connectivity index is 1.84. The van der Waals surface area contributed by atoms with Gasteiger partial charge in [-0.1, -0.05) is 66.2 Å². The van der Waals surface area contributed by atoms with Crippen LogP contribution >= 0.6 is 12.2 Å². The normalized spacial score (nSPS) is 11.4. The van der Waals surface area contributed by atoms with Crippen LogP contribution in [0.2, 0.25) is 0 Å². The number of anilines is 1. The molecule has 0 saturated heterocycles. The van der Waals surface area contributed by atoms with Crippen LogP contribution in [-0.4, -0.2) is 17.7 Å². The first-order valence-electron chi connectivity index (χ1n) is 9.95. The van der Waals surface area contributed by atoms with Crippen molar-refractivity contribution in [1.29, 1.82) is 0 Å². The molecule has 3 rings (SSSR count). The first-order chi connectivity index (χ1) is 14.5. The molecule has 2 N–H and O–H groups in total. The Labute approximate surface area is 183 Å². The largest absolute Gasteiger partial charge is 0.462 e. The molecule has 0 bridgehead atoms. The lowest BCUT2D eigenvalue weighted by molar-refractivity contribution is 0.0525. The maximum atomic E-state index is 12.2. The van der Waals surface area contributed by atoms with Gasteiger partial charge in [0.1, 0.15) is 0 Å². The summed E-state index contributed by atoms with van der Waals surface area (Å²) in [6, 6.07) is 23.9. The lowest BCUT2D eigenvalue weighted by Gasteiger charge is -2.23. The average molecular weight is 419 g/mol. The number of ether oxygens (including phenoxy) is 1. The highest BCUT2D eigenvalue weighted by Gasteiger charge is 2.17. The third kappa shape index (κ3) is 5.24.